The maximum Gasteiger partial charge on any atom is 0.306 e. The highest BCUT2D eigenvalue weighted by Gasteiger charge is 2.18. The minimum atomic E-state index is -0.0108. The number of ether oxygens (including phenoxy) is 2. The number of rotatable bonds is 8. The Morgan fingerprint density at radius 2 is 1.94 bits per heavy atom. The van der Waals surface area contributed by atoms with Crippen LogP contribution in [0.5, 0.6) is 0 Å². The van der Waals surface area contributed by atoms with E-state index in [1.807, 2.05) is 6.92 Å². The minimum absolute atomic E-state index is 0.0108. The van der Waals surface area contributed by atoms with E-state index in [1.165, 1.54) is 12.8 Å². The summed E-state index contributed by atoms with van der Waals surface area (Å²) in [4.78, 5) is 11.4. The molecule has 0 N–H and O–H groups in total. The SMILES string of the molecule is CCOCCCCCC(=O)OC1CCCC1. The molecule has 0 saturated heterocycles. The quantitative estimate of drug-likeness (QED) is 0.473. The summed E-state index contributed by atoms with van der Waals surface area (Å²) < 4.78 is 10.6. The highest BCUT2D eigenvalue weighted by Crippen LogP contribution is 2.21. The van der Waals surface area contributed by atoms with Crippen LogP contribution in [-0.2, 0) is 14.3 Å². The van der Waals surface area contributed by atoms with E-state index in [1.54, 1.807) is 0 Å². The van der Waals surface area contributed by atoms with Crippen LogP contribution in [-0.4, -0.2) is 25.3 Å². The minimum Gasteiger partial charge on any atom is -0.462 e. The number of hydrogen-bond donors (Lipinski definition) is 0. The first-order chi connectivity index (χ1) is 7.83. The van der Waals surface area contributed by atoms with Crippen molar-refractivity contribution in [3.05, 3.63) is 0 Å². The van der Waals surface area contributed by atoms with Crippen LogP contribution in [0.1, 0.15) is 58.3 Å². The molecule has 94 valence electrons. The number of carbonyl (C=O) groups is 1. The largest absolute Gasteiger partial charge is 0.462 e. The van der Waals surface area contributed by atoms with Gasteiger partial charge in [-0.15, -0.1) is 0 Å². The molecule has 0 unspecified atom stereocenters. The molecular weight excluding hydrogens is 204 g/mol. The van der Waals surface area contributed by atoms with Crippen molar-refractivity contribution in [3.63, 3.8) is 0 Å². The van der Waals surface area contributed by atoms with Gasteiger partial charge in [0.2, 0.25) is 0 Å². The monoisotopic (exact) mass is 228 g/mol. The van der Waals surface area contributed by atoms with Crippen molar-refractivity contribution in [1.29, 1.82) is 0 Å². The van der Waals surface area contributed by atoms with Crippen LogP contribution in [0, 0.1) is 0 Å². The first-order valence-electron chi connectivity index (χ1n) is 6.60. The molecule has 0 aromatic carbocycles. The van der Waals surface area contributed by atoms with Crippen LogP contribution in [0.3, 0.4) is 0 Å². The second-order valence-electron chi connectivity index (χ2n) is 4.40. The summed E-state index contributed by atoms with van der Waals surface area (Å²) >= 11 is 0. The molecule has 0 bridgehead atoms. The van der Waals surface area contributed by atoms with Gasteiger partial charge in [-0.05, 0) is 45.4 Å². The van der Waals surface area contributed by atoms with Gasteiger partial charge in [-0.1, -0.05) is 6.42 Å². The third kappa shape index (κ3) is 6.11. The van der Waals surface area contributed by atoms with E-state index < -0.39 is 0 Å². The van der Waals surface area contributed by atoms with Crippen LogP contribution in [0.2, 0.25) is 0 Å². The lowest BCUT2D eigenvalue weighted by Gasteiger charge is -2.10. The maximum atomic E-state index is 11.4. The van der Waals surface area contributed by atoms with E-state index in [0.717, 1.165) is 45.3 Å². The fourth-order valence-corrected chi connectivity index (χ4v) is 2.05. The predicted octanol–water partition coefficient (Wildman–Crippen LogP) is 3.07. The summed E-state index contributed by atoms with van der Waals surface area (Å²) in [5.74, 6) is -0.0108. The number of hydrogen-bond acceptors (Lipinski definition) is 3. The van der Waals surface area contributed by atoms with Gasteiger partial charge in [-0.25, -0.2) is 0 Å². The number of carbonyl (C=O) groups excluding carboxylic acids is 1. The molecular formula is C13H24O3. The average molecular weight is 228 g/mol. The third-order valence-electron chi connectivity index (χ3n) is 2.97. The highest BCUT2D eigenvalue weighted by molar-refractivity contribution is 5.69. The Labute approximate surface area is 98.5 Å². The van der Waals surface area contributed by atoms with Crippen LogP contribution in [0.4, 0.5) is 0 Å². The Bertz CT molecular complexity index is 186. The molecule has 1 saturated carbocycles. The highest BCUT2D eigenvalue weighted by atomic mass is 16.5. The van der Waals surface area contributed by atoms with Crippen LogP contribution in [0.15, 0.2) is 0 Å². The molecule has 1 aliphatic rings. The van der Waals surface area contributed by atoms with Crippen LogP contribution in [0.25, 0.3) is 0 Å². The standard InChI is InChI=1S/C13H24O3/c1-2-15-11-7-3-4-10-13(14)16-12-8-5-6-9-12/h12H,2-11H2,1H3. The van der Waals surface area contributed by atoms with Gasteiger partial charge in [0.1, 0.15) is 6.10 Å². The predicted molar refractivity (Wildman–Crippen MR) is 63.3 cm³/mol. The fraction of sp³-hybridized carbons (Fsp3) is 0.923. The number of esters is 1. The molecule has 3 nitrogen and oxygen atoms in total. The van der Waals surface area contributed by atoms with Crippen molar-refractivity contribution in [1.82, 2.24) is 0 Å². The third-order valence-corrected chi connectivity index (χ3v) is 2.97. The molecule has 1 rings (SSSR count). The molecule has 1 fully saturated rings. The first-order valence-corrected chi connectivity index (χ1v) is 6.60. The van der Waals surface area contributed by atoms with Crippen molar-refractivity contribution in [2.24, 2.45) is 0 Å². The zero-order valence-electron chi connectivity index (χ0n) is 10.4. The fourth-order valence-electron chi connectivity index (χ4n) is 2.05. The van der Waals surface area contributed by atoms with Gasteiger partial charge in [0, 0.05) is 19.6 Å². The van der Waals surface area contributed by atoms with Gasteiger partial charge in [-0.2, -0.15) is 0 Å². The Morgan fingerprint density at radius 3 is 2.62 bits per heavy atom. The molecule has 0 aromatic heterocycles. The van der Waals surface area contributed by atoms with Gasteiger partial charge in [0.05, 0.1) is 0 Å². The second kappa shape index (κ2) is 8.57. The molecule has 0 radical (unpaired) electrons. The lowest BCUT2D eigenvalue weighted by molar-refractivity contribution is -0.148. The van der Waals surface area contributed by atoms with E-state index >= 15 is 0 Å². The Morgan fingerprint density at radius 1 is 1.19 bits per heavy atom. The summed E-state index contributed by atoms with van der Waals surface area (Å²) in [5.41, 5.74) is 0. The molecule has 0 aromatic rings. The summed E-state index contributed by atoms with van der Waals surface area (Å²) in [7, 11) is 0. The van der Waals surface area contributed by atoms with E-state index in [-0.39, 0.29) is 12.1 Å². The molecule has 0 amide bonds. The maximum absolute atomic E-state index is 11.4. The topological polar surface area (TPSA) is 35.5 Å². The Balaban J connectivity index is 1.89. The summed E-state index contributed by atoms with van der Waals surface area (Å²) in [6.07, 6.45) is 8.38. The smallest absolute Gasteiger partial charge is 0.306 e. The van der Waals surface area contributed by atoms with E-state index in [2.05, 4.69) is 0 Å². The molecule has 0 atom stereocenters. The van der Waals surface area contributed by atoms with Crippen LogP contribution < -0.4 is 0 Å². The van der Waals surface area contributed by atoms with E-state index in [9.17, 15) is 4.79 Å². The normalized spacial score (nSPS) is 16.6. The number of unbranched alkanes of at least 4 members (excludes halogenated alkanes) is 2. The van der Waals surface area contributed by atoms with Crippen molar-refractivity contribution < 1.29 is 14.3 Å². The summed E-state index contributed by atoms with van der Waals surface area (Å²) in [6, 6.07) is 0. The van der Waals surface area contributed by atoms with Gasteiger partial charge in [-0.3, -0.25) is 4.79 Å². The second-order valence-corrected chi connectivity index (χ2v) is 4.40. The lowest BCUT2D eigenvalue weighted by Crippen LogP contribution is -2.14. The Kier molecular flexibility index (Phi) is 7.23. The van der Waals surface area contributed by atoms with Crippen molar-refractivity contribution in [3.8, 4) is 0 Å². The lowest BCUT2D eigenvalue weighted by atomic mass is 10.2. The zero-order chi connectivity index (χ0) is 11.6. The van der Waals surface area contributed by atoms with E-state index in [0.29, 0.717) is 6.42 Å². The van der Waals surface area contributed by atoms with Gasteiger partial charge in [0.15, 0.2) is 0 Å². The van der Waals surface area contributed by atoms with Crippen molar-refractivity contribution in [2.45, 2.75) is 64.4 Å². The molecule has 3 heteroatoms. The van der Waals surface area contributed by atoms with E-state index in [4.69, 9.17) is 9.47 Å². The van der Waals surface area contributed by atoms with Crippen molar-refractivity contribution in [2.75, 3.05) is 13.2 Å². The van der Waals surface area contributed by atoms with Gasteiger partial charge in [0.25, 0.3) is 0 Å². The van der Waals surface area contributed by atoms with Gasteiger partial charge < -0.3 is 9.47 Å². The Hall–Kier alpha value is -0.570. The molecule has 0 heterocycles. The molecule has 1 aliphatic carbocycles. The summed E-state index contributed by atoms with van der Waals surface area (Å²) in [6.45, 7) is 3.59. The molecule has 16 heavy (non-hydrogen) atoms. The first kappa shape index (κ1) is 13.5. The van der Waals surface area contributed by atoms with Crippen molar-refractivity contribution >= 4 is 5.97 Å². The van der Waals surface area contributed by atoms with Gasteiger partial charge >= 0.3 is 5.97 Å². The molecule has 0 aliphatic heterocycles. The van der Waals surface area contributed by atoms with Crippen LogP contribution >= 0.6 is 0 Å². The summed E-state index contributed by atoms with van der Waals surface area (Å²) in [5, 5.41) is 0. The zero-order valence-corrected chi connectivity index (χ0v) is 10.4. The molecule has 0 spiro atoms. The average Bonchev–Trinajstić information content (AvgIpc) is 2.76.